The van der Waals surface area contributed by atoms with Crippen molar-refractivity contribution in [3.05, 3.63) is 82.8 Å². The Morgan fingerprint density at radius 2 is 1.60 bits per heavy atom. The van der Waals surface area contributed by atoms with Gasteiger partial charge in [-0.3, -0.25) is 19.3 Å². The van der Waals surface area contributed by atoms with E-state index < -0.39 is 23.0 Å². The molecule has 3 aliphatic rings. The lowest BCUT2D eigenvalue weighted by Gasteiger charge is -2.30. The number of thiocarbonyl (C=S) groups is 1. The van der Waals surface area contributed by atoms with Crippen LogP contribution in [0.2, 0.25) is 0 Å². The van der Waals surface area contributed by atoms with Crippen LogP contribution in [0.15, 0.2) is 71.6 Å². The Bertz CT molecular complexity index is 1840. The molecule has 2 heterocycles. The van der Waals surface area contributed by atoms with Crippen LogP contribution in [0.4, 0.5) is 11.4 Å². The summed E-state index contributed by atoms with van der Waals surface area (Å²) in [4.78, 5) is 39.8. The van der Waals surface area contributed by atoms with Gasteiger partial charge in [-0.15, -0.1) is 0 Å². The highest BCUT2D eigenvalue weighted by Crippen LogP contribution is 2.53. The Labute approximate surface area is 302 Å². The van der Waals surface area contributed by atoms with Crippen molar-refractivity contribution in [3.63, 3.8) is 0 Å². The second kappa shape index (κ2) is 14.1. The molecule has 1 aliphatic carbocycles. The molecule has 0 bridgehead atoms. The van der Waals surface area contributed by atoms with Gasteiger partial charge < -0.3 is 24.6 Å². The molecule has 1 saturated heterocycles. The summed E-state index contributed by atoms with van der Waals surface area (Å²) in [6.45, 7) is 7.47. The summed E-state index contributed by atoms with van der Waals surface area (Å²) in [7, 11) is 0. The predicted octanol–water partition coefficient (Wildman–Crippen LogP) is 8.99. The SMILES string of the molecule is CC(C)(CCC(C)(C)C(=O)O)Oc1ccc(Oc2ccc(N3c4ccc(/C=C5\SC(=S)N(CCC(=O)O)C5=O)cc4C4CCCC43)cc2)cc1. The number of anilines is 2. The minimum atomic E-state index is -0.964. The largest absolute Gasteiger partial charge is 0.488 e. The summed E-state index contributed by atoms with van der Waals surface area (Å²) in [6, 6.07) is 22.3. The third-order valence-electron chi connectivity index (χ3n) is 9.74. The summed E-state index contributed by atoms with van der Waals surface area (Å²) < 4.78 is 12.7. The van der Waals surface area contributed by atoms with Gasteiger partial charge in [-0.05, 0) is 131 Å². The van der Waals surface area contributed by atoms with E-state index in [-0.39, 0.29) is 18.9 Å². The number of rotatable bonds is 13. The first-order chi connectivity index (χ1) is 23.7. The van der Waals surface area contributed by atoms with Crippen LogP contribution in [0.5, 0.6) is 17.2 Å². The number of carbonyl (C=O) groups excluding carboxylic acids is 1. The summed E-state index contributed by atoms with van der Waals surface area (Å²) in [5, 5.41) is 18.5. The second-order valence-electron chi connectivity index (χ2n) is 14.4. The number of carbonyl (C=O) groups is 3. The number of carboxylic acids is 2. The second-order valence-corrected chi connectivity index (χ2v) is 16.1. The Morgan fingerprint density at radius 1 is 0.940 bits per heavy atom. The number of hydrogen-bond donors (Lipinski definition) is 2. The first-order valence-electron chi connectivity index (χ1n) is 16.9. The molecular weight excluding hydrogens is 673 g/mol. The third kappa shape index (κ3) is 7.68. The smallest absolute Gasteiger partial charge is 0.309 e. The van der Waals surface area contributed by atoms with Crippen molar-refractivity contribution >= 4 is 63.6 Å². The van der Waals surface area contributed by atoms with Gasteiger partial charge in [-0.1, -0.05) is 36.5 Å². The zero-order valence-corrected chi connectivity index (χ0v) is 30.3. The molecule has 2 atom stereocenters. The van der Waals surface area contributed by atoms with Gasteiger partial charge in [0.05, 0.1) is 16.7 Å². The zero-order valence-electron chi connectivity index (χ0n) is 28.7. The van der Waals surface area contributed by atoms with E-state index in [1.165, 1.54) is 27.9 Å². The first-order valence-corrected chi connectivity index (χ1v) is 18.1. The van der Waals surface area contributed by atoms with Crippen LogP contribution >= 0.6 is 24.0 Å². The van der Waals surface area contributed by atoms with E-state index in [4.69, 9.17) is 26.8 Å². The maximum absolute atomic E-state index is 13.0. The van der Waals surface area contributed by atoms with Crippen molar-refractivity contribution in [1.82, 2.24) is 4.90 Å². The lowest BCUT2D eigenvalue weighted by Crippen LogP contribution is -2.32. The quantitative estimate of drug-likeness (QED) is 0.131. The van der Waals surface area contributed by atoms with Crippen molar-refractivity contribution in [3.8, 4) is 17.2 Å². The van der Waals surface area contributed by atoms with Crippen LogP contribution in [-0.2, 0) is 14.4 Å². The summed E-state index contributed by atoms with van der Waals surface area (Å²) >= 11 is 6.58. The van der Waals surface area contributed by atoms with Crippen LogP contribution in [0.3, 0.4) is 0 Å². The van der Waals surface area contributed by atoms with E-state index >= 15 is 0 Å². The molecule has 1 saturated carbocycles. The normalized spacial score (nSPS) is 19.6. The topological polar surface area (TPSA) is 117 Å². The van der Waals surface area contributed by atoms with E-state index in [0.29, 0.717) is 45.5 Å². The molecule has 50 heavy (non-hydrogen) atoms. The summed E-state index contributed by atoms with van der Waals surface area (Å²) in [5.41, 5.74) is 3.14. The average molecular weight is 715 g/mol. The third-order valence-corrected chi connectivity index (χ3v) is 11.1. The number of benzene rings is 3. The zero-order chi connectivity index (χ0) is 35.8. The van der Waals surface area contributed by atoms with Gasteiger partial charge in [0.1, 0.15) is 27.2 Å². The predicted molar refractivity (Wildman–Crippen MR) is 199 cm³/mol. The summed E-state index contributed by atoms with van der Waals surface area (Å²) in [5.74, 6) is 0.475. The molecule has 2 unspecified atom stereocenters. The van der Waals surface area contributed by atoms with Crippen LogP contribution in [0, 0.1) is 5.41 Å². The summed E-state index contributed by atoms with van der Waals surface area (Å²) in [6.07, 6.45) is 6.17. The van der Waals surface area contributed by atoms with E-state index in [9.17, 15) is 19.5 Å². The Hall–Kier alpha value is -4.35. The van der Waals surface area contributed by atoms with Gasteiger partial charge in [0.2, 0.25) is 0 Å². The minimum Gasteiger partial charge on any atom is -0.488 e. The fourth-order valence-electron chi connectivity index (χ4n) is 6.83. The van der Waals surface area contributed by atoms with Gasteiger partial charge in [-0.2, -0.15) is 0 Å². The maximum atomic E-state index is 13.0. The molecule has 2 N–H and O–H groups in total. The monoisotopic (exact) mass is 714 g/mol. The van der Waals surface area contributed by atoms with Crippen LogP contribution in [0.25, 0.3) is 6.08 Å². The van der Waals surface area contributed by atoms with Crippen LogP contribution < -0.4 is 14.4 Å². The Balaban J connectivity index is 1.12. The fourth-order valence-corrected chi connectivity index (χ4v) is 8.14. The van der Waals surface area contributed by atoms with E-state index in [2.05, 4.69) is 29.2 Å². The molecular formula is C39H42N2O7S2. The molecule has 9 nitrogen and oxygen atoms in total. The fraction of sp³-hybridized carbons (Fsp3) is 0.385. The highest BCUT2D eigenvalue weighted by Gasteiger charge is 2.42. The minimum absolute atomic E-state index is 0.0709. The number of hydrogen-bond acceptors (Lipinski definition) is 8. The molecule has 1 amide bonds. The van der Waals surface area contributed by atoms with Crippen molar-refractivity contribution in [1.29, 1.82) is 0 Å². The lowest BCUT2D eigenvalue weighted by molar-refractivity contribution is -0.147. The average Bonchev–Trinajstić information content (AvgIpc) is 3.73. The molecule has 11 heteroatoms. The number of aliphatic carboxylic acids is 2. The standard InChI is InChI=1S/C39H42N2O7S2/c1-38(2,36(45)46)19-20-39(3,4)48-28-15-13-27(14-16-28)47-26-11-9-25(10-12-26)41-31-7-5-6-29(31)30-22-24(8-17-32(30)41)23-33-35(44)40(37(49)50-33)21-18-34(42)43/h8-17,22-23,29,31H,5-7,18-21H2,1-4H3,(H,42,43)(H,45,46)/b33-23-. The van der Waals surface area contributed by atoms with Crippen molar-refractivity contribution < 1.29 is 34.1 Å². The highest BCUT2D eigenvalue weighted by molar-refractivity contribution is 8.26. The van der Waals surface area contributed by atoms with Crippen molar-refractivity contribution in [2.75, 3.05) is 11.4 Å². The highest BCUT2D eigenvalue weighted by atomic mass is 32.2. The van der Waals surface area contributed by atoms with Crippen molar-refractivity contribution in [2.45, 2.75) is 83.8 Å². The molecule has 2 fully saturated rings. The molecule has 262 valence electrons. The number of thioether (sulfide) groups is 1. The number of nitrogens with zero attached hydrogens (tertiary/aromatic N) is 2. The van der Waals surface area contributed by atoms with E-state index in [1.807, 2.05) is 62.4 Å². The number of amides is 1. The molecule has 2 aliphatic heterocycles. The maximum Gasteiger partial charge on any atom is 0.309 e. The molecule has 0 radical (unpaired) electrons. The van der Waals surface area contributed by atoms with Crippen molar-refractivity contribution in [2.24, 2.45) is 5.41 Å². The van der Waals surface area contributed by atoms with Gasteiger partial charge in [0, 0.05) is 29.9 Å². The Morgan fingerprint density at radius 3 is 2.26 bits per heavy atom. The Kier molecular flexibility index (Phi) is 10.0. The number of ether oxygens (including phenoxy) is 2. The van der Waals surface area contributed by atoms with Gasteiger partial charge in [0.15, 0.2) is 0 Å². The molecule has 0 spiro atoms. The van der Waals surface area contributed by atoms with E-state index in [1.54, 1.807) is 13.8 Å². The number of fused-ring (bicyclic) bond motifs is 3. The van der Waals surface area contributed by atoms with Gasteiger partial charge in [-0.25, -0.2) is 0 Å². The van der Waals surface area contributed by atoms with Gasteiger partial charge in [0.25, 0.3) is 5.91 Å². The first kappa shape index (κ1) is 35.5. The van der Waals surface area contributed by atoms with Crippen LogP contribution in [0.1, 0.15) is 83.3 Å². The number of carboxylic acid groups (broad SMARTS) is 2. The molecule has 6 rings (SSSR count). The molecule has 3 aromatic rings. The molecule has 0 aromatic heterocycles. The van der Waals surface area contributed by atoms with Crippen LogP contribution in [-0.4, -0.2) is 55.5 Å². The van der Waals surface area contributed by atoms with Gasteiger partial charge >= 0.3 is 11.9 Å². The lowest BCUT2D eigenvalue weighted by atomic mass is 9.84. The molecule has 3 aromatic carbocycles. The van der Waals surface area contributed by atoms with E-state index in [0.717, 1.165) is 36.3 Å².